The van der Waals surface area contributed by atoms with Crippen molar-refractivity contribution in [1.29, 1.82) is 0 Å². The Balaban J connectivity index is 2.26. The van der Waals surface area contributed by atoms with Crippen LogP contribution in [0, 0.1) is 12.8 Å². The summed E-state index contributed by atoms with van der Waals surface area (Å²) in [6, 6.07) is 6.27. The van der Waals surface area contributed by atoms with Gasteiger partial charge in [-0.25, -0.2) is 4.98 Å². The van der Waals surface area contributed by atoms with Gasteiger partial charge in [-0.3, -0.25) is 0 Å². The Bertz CT molecular complexity index is 490. The molecule has 1 atom stereocenters. The Morgan fingerprint density at radius 3 is 2.81 bits per heavy atom. The highest BCUT2D eigenvalue weighted by molar-refractivity contribution is 7.18. The van der Waals surface area contributed by atoms with Gasteiger partial charge >= 0.3 is 0 Å². The molecule has 0 bridgehead atoms. The van der Waals surface area contributed by atoms with Gasteiger partial charge in [-0.15, -0.1) is 11.3 Å². The SMILES string of the molecule is Cc1ccc2nc(CC(O)C(C)C)sc2c1. The van der Waals surface area contributed by atoms with Crippen LogP contribution in [0.1, 0.15) is 24.4 Å². The van der Waals surface area contributed by atoms with E-state index in [9.17, 15) is 5.11 Å². The maximum absolute atomic E-state index is 9.83. The molecule has 2 rings (SSSR count). The Labute approximate surface area is 100.0 Å². The third-order valence-corrected chi connectivity index (χ3v) is 3.78. The van der Waals surface area contributed by atoms with Crippen LogP contribution in [0.5, 0.6) is 0 Å². The van der Waals surface area contributed by atoms with E-state index in [0.717, 1.165) is 10.5 Å². The summed E-state index contributed by atoms with van der Waals surface area (Å²) in [7, 11) is 0. The van der Waals surface area contributed by atoms with Crippen LogP contribution in [-0.2, 0) is 6.42 Å². The van der Waals surface area contributed by atoms with Crippen LogP contribution < -0.4 is 0 Å². The summed E-state index contributed by atoms with van der Waals surface area (Å²) in [6.45, 7) is 6.14. The lowest BCUT2D eigenvalue weighted by Crippen LogP contribution is -2.17. The van der Waals surface area contributed by atoms with Gasteiger partial charge < -0.3 is 5.11 Å². The Kier molecular flexibility index (Phi) is 3.26. The first kappa shape index (κ1) is 11.6. The molecule has 0 spiro atoms. The summed E-state index contributed by atoms with van der Waals surface area (Å²) in [5.74, 6) is 0.286. The van der Waals surface area contributed by atoms with Gasteiger partial charge in [-0.2, -0.15) is 0 Å². The number of fused-ring (bicyclic) bond motifs is 1. The van der Waals surface area contributed by atoms with E-state index >= 15 is 0 Å². The standard InChI is InChI=1S/C13H17NOS/c1-8(2)11(15)7-13-14-10-5-4-9(3)6-12(10)16-13/h4-6,8,11,15H,7H2,1-3H3. The highest BCUT2D eigenvalue weighted by atomic mass is 32.1. The van der Waals surface area contributed by atoms with Gasteiger partial charge in [0.15, 0.2) is 0 Å². The van der Waals surface area contributed by atoms with Crippen LogP contribution >= 0.6 is 11.3 Å². The van der Waals surface area contributed by atoms with Crippen LogP contribution in [0.3, 0.4) is 0 Å². The van der Waals surface area contributed by atoms with E-state index in [2.05, 4.69) is 24.0 Å². The third kappa shape index (κ3) is 2.42. The lowest BCUT2D eigenvalue weighted by atomic mass is 10.1. The Morgan fingerprint density at radius 1 is 1.38 bits per heavy atom. The van der Waals surface area contributed by atoms with Crippen molar-refractivity contribution in [3.63, 3.8) is 0 Å². The average Bonchev–Trinajstić information content (AvgIpc) is 2.58. The van der Waals surface area contributed by atoms with Crippen molar-refractivity contribution in [2.24, 2.45) is 5.92 Å². The lowest BCUT2D eigenvalue weighted by molar-refractivity contribution is 0.125. The second-order valence-electron chi connectivity index (χ2n) is 4.59. The van der Waals surface area contributed by atoms with Crippen molar-refractivity contribution in [1.82, 2.24) is 4.98 Å². The molecule has 0 saturated heterocycles. The van der Waals surface area contributed by atoms with Crippen LogP contribution in [0.4, 0.5) is 0 Å². The summed E-state index contributed by atoms with van der Waals surface area (Å²) >= 11 is 1.69. The van der Waals surface area contributed by atoms with Crippen LogP contribution in [0.15, 0.2) is 18.2 Å². The molecule has 0 radical (unpaired) electrons. The first-order valence-electron chi connectivity index (χ1n) is 5.60. The van der Waals surface area contributed by atoms with Gasteiger partial charge in [0.1, 0.15) is 0 Å². The van der Waals surface area contributed by atoms with Gasteiger partial charge in [-0.05, 0) is 30.5 Å². The quantitative estimate of drug-likeness (QED) is 0.886. The van der Waals surface area contributed by atoms with E-state index in [4.69, 9.17) is 0 Å². The second-order valence-corrected chi connectivity index (χ2v) is 5.71. The number of rotatable bonds is 3. The molecule has 3 heteroatoms. The highest BCUT2D eigenvalue weighted by Gasteiger charge is 2.13. The fourth-order valence-corrected chi connectivity index (χ4v) is 2.70. The fraction of sp³-hybridized carbons (Fsp3) is 0.462. The fourth-order valence-electron chi connectivity index (χ4n) is 1.58. The Morgan fingerprint density at radius 2 is 2.12 bits per heavy atom. The summed E-state index contributed by atoms with van der Waals surface area (Å²) < 4.78 is 1.21. The summed E-state index contributed by atoms with van der Waals surface area (Å²) in [6.07, 6.45) is 0.373. The number of hydrogen-bond donors (Lipinski definition) is 1. The minimum atomic E-state index is -0.290. The highest BCUT2D eigenvalue weighted by Crippen LogP contribution is 2.24. The molecular formula is C13H17NOS. The van der Waals surface area contributed by atoms with Crippen molar-refractivity contribution >= 4 is 21.6 Å². The predicted octanol–water partition coefficient (Wildman–Crippen LogP) is 3.16. The first-order valence-corrected chi connectivity index (χ1v) is 6.42. The normalized spacial score (nSPS) is 13.6. The molecule has 0 fully saturated rings. The molecule has 1 heterocycles. The zero-order chi connectivity index (χ0) is 11.7. The van der Waals surface area contributed by atoms with Crippen LogP contribution in [0.25, 0.3) is 10.2 Å². The second kappa shape index (κ2) is 4.52. The van der Waals surface area contributed by atoms with Gasteiger partial charge in [0.2, 0.25) is 0 Å². The molecule has 0 aliphatic carbocycles. The van der Waals surface area contributed by atoms with Gasteiger partial charge in [-0.1, -0.05) is 19.9 Å². The van der Waals surface area contributed by atoms with Gasteiger partial charge in [0.05, 0.1) is 21.3 Å². The largest absolute Gasteiger partial charge is 0.392 e. The molecule has 0 aliphatic rings. The molecule has 16 heavy (non-hydrogen) atoms. The number of aliphatic hydroxyl groups excluding tert-OH is 1. The number of aromatic nitrogens is 1. The van der Waals surface area contributed by atoms with Crippen molar-refractivity contribution in [2.45, 2.75) is 33.3 Å². The van der Waals surface area contributed by atoms with E-state index in [-0.39, 0.29) is 12.0 Å². The molecule has 1 N–H and O–H groups in total. The smallest absolute Gasteiger partial charge is 0.0964 e. The maximum atomic E-state index is 9.83. The number of aliphatic hydroxyl groups is 1. The van der Waals surface area contributed by atoms with E-state index in [1.807, 2.05) is 19.9 Å². The average molecular weight is 235 g/mol. The number of nitrogens with zero attached hydrogens (tertiary/aromatic N) is 1. The molecule has 1 aromatic carbocycles. The van der Waals surface area contributed by atoms with Gasteiger partial charge in [0, 0.05) is 6.42 Å². The monoisotopic (exact) mass is 235 g/mol. The summed E-state index contributed by atoms with van der Waals surface area (Å²) in [5.41, 5.74) is 2.30. The molecule has 1 aromatic heterocycles. The molecule has 2 nitrogen and oxygen atoms in total. The Hall–Kier alpha value is -0.930. The van der Waals surface area contributed by atoms with Crippen molar-refractivity contribution < 1.29 is 5.11 Å². The zero-order valence-corrected chi connectivity index (χ0v) is 10.7. The topological polar surface area (TPSA) is 33.1 Å². The number of hydrogen-bond acceptors (Lipinski definition) is 3. The minimum Gasteiger partial charge on any atom is -0.392 e. The molecule has 0 amide bonds. The molecule has 0 saturated carbocycles. The van der Waals surface area contributed by atoms with E-state index < -0.39 is 0 Å². The van der Waals surface area contributed by atoms with E-state index in [1.165, 1.54) is 10.3 Å². The molecular weight excluding hydrogens is 218 g/mol. The lowest BCUT2D eigenvalue weighted by Gasteiger charge is -2.11. The van der Waals surface area contributed by atoms with Crippen molar-refractivity contribution in [3.05, 3.63) is 28.8 Å². The number of aryl methyl sites for hydroxylation is 1. The molecule has 2 aromatic rings. The molecule has 86 valence electrons. The third-order valence-electron chi connectivity index (χ3n) is 2.74. The predicted molar refractivity (Wildman–Crippen MR) is 68.9 cm³/mol. The van der Waals surface area contributed by atoms with E-state index in [0.29, 0.717) is 6.42 Å². The molecule has 1 unspecified atom stereocenters. The van der Waals surface area contributed by atoms with Crippen molar-refractivity contribution in [3.8, 4) is 0 Å². The molecule has 0 aliphatic heterocycles. The summed E-state index contributed by atoms with van der Waals surface area (Å²) in [5, 5.41) is 10.9. The van der Waals surface area contributed by atoms with Gasteiger partial charge in [0.25, 0.3) is 0 Å². The summed E-state index contributed by atoms with van der Waals surface area (Å²) in [4.78, 5) is 4.53. The first-order chi connectivity index (χ1) is 7.56. The zero-order valence-electron chi connectivity index (χ0n) is 9.90. The van der Waals surface area contributed by atoms with Crippen LogP contribution in [-0.4, -0.2) is 16.2 Å². The number of benzene rings is 1. The van der Waals surface area contributed by atoms with Crippen molar-refractivity contribution in [2.75, 3.05) is 0 Å². The maximum Gasteiger partial charge on any atom is 0.0964 e. The number of thiazole rings is 1. The minimum absolute atomic E-state index is 0.286. The van der Waals surface area contributed by atoms with E-state index in [1.54, 1.807) is 11.3 Å². The van der Waals surface area contributed by atoms with Crippen LogP contribution in [0.2, 0.25) is 0 Å².